The van der Waals surface area contributed by atoms with Crippen molar-refractivity contribution in [1.82, 2.24) is 19.6 Å². The number of piperidine rings is 1. The molecule has 232 valence electrons. The van der Waals surface area contributed by atoms with Crippen molar-refractivity contribution in [1.29, 1.82) is 0 Å². The van der Waals surface area contributed by atoms with Gasteiger partial charge in [-0.3, -0.25) is 9.48 Å². The fraction of sp³-hybridized carbons (Fsp3) is 0.613. The summed E-state index contributed by atoms with van der Waals surface area (Å²) in [7, 11) is 0. The first-order valence-electron chi connectivity index (χ1n) is 14.9. The van der Waals surface area contributed by atoms with Crippen molar-refractivity contribution in [3.8, 4) is 0 Å². The van der Waals surface area contributed by atoms with Crippen LogP contribution in [0, 0.1) is 12.5 Å². The number of hydrogen-bond donors (Lipinski definition) is 1. The number of ether oxygens (including phenoxy) is 1. The third kappa shape index (κ3) is 6.82. The van der Waals surface area contributed by atoms with E-state index in [2.05, 4.69) is 20.2 Å². The number of amides is 2. The van der Waals surface area contributed by atoms with E-state index in [0.717, 1.165) is 69.6 Å². The van der Waals surface area contributed by atoms with E-state index in [9.17, 15) is 22.8 Å². The van der Waals surface area contributed by atoms with Gasteiger partial charge in [0.1, 0.15) is 11.1 Å². The quantitative estimate of drug-likeness (QED) is 0.388. The maximum Gasteiger partial charge on any atom is 0.410 e. The third-order valence-corrected chi connectivity index (χ3v) is 8.84. The van der Waals surface area contributed by atoms with Gasteiger partial charge in [-0.1, -0.05) is 6.07 Å². The van der Waals surface area contributed by atoms with Crippen LogP contribution in [0.2, 0.25) is 0 Å². The summed E-state index contributed by atoms with van der Waals surface area (Å²) in [6, 6.07) is 3.23. The zero-order valence-corrected chi connectivity index (χ0v) is 24.9. The van der Waals surface area contributed by atoms with E-state index >= 15 is 0 Å². The van der Waals surface area contributed by atoms with Crippen LogP contribution < -0.4 is 5.32 Å². The molecule has 2 saturated heterocycles. The molecule has 1 atom stereocenters. The van der Waals surface area contributed by atoms with Crippen LogP contribution in [0.15, 0.2) is 30.6 Å². The molecule has 3 heterocycles. The largest absolute Gasteiger partial charge is 0.444 e. The Morgan fingerprint density at radius 1 is 1.14 bits per heavy atom. The van der Waals surface area contributed by atoms with Gasteiger partial charge in [0.25, 0.3) is 5.91 Å². The van der Waals surface area contributed by atoms with Crippen molar-refractivity contribution >= 4 is 23.4 Å². The molecule has 1 saturated carbocycles. The van der Waals surface area contributed by atoms with Gasteiger partial charge in [0.15, 0.2) is 5.69 Å². The average molecular weight is 601 g/mol. The molecular formula is C31H39F3N6O3. The molecule has 1 aliphatic carbocycles. The topological polar surface area (TPSA) is 84.1 Å². The number of hydrogen-bond acceptors (Lipinski definition) is 5. The molecule has 2 aromatic rings. The van der Waals surface area contributed by atoms with Crippen LogP contribution in [0.4, 0.5) is 29.3 Å². The molecule has 1 N–H and O–H groups in total. The summed E-state index contributed by atoms with van der Waals surface area (Å²) in [6.45, 7) is 16.9. The molecule has 2 amide bonds. The lowest BCUT2D eigenvalue weighted by molar-refractivity contribution is -0.137. The first-order chi connectivity index (χ1) is 20.3. The van der Waals surface area contributed by atoms with E-state index in [0.29, 0.717) is 31.2 Å². The Hall–Kier alpha value is -3.59. The minimum absolute atomic E-state index is 0.00669. The van der Waals surface area contributed by atoms with Crippen LogP contribution in [0.5, 0.6) is 0 Å². The van der Waals surface area contributed by atoms with Gasteiger partial charge in [0.05, 0.1) is 18.3 Å². The highest BCUT2D eigenvalue weighted by Crippen LogP contribution is 2.42. The van der Waals surface area contributed by atoms with Crippen LogP contribution in [-0.2, 0) is 21.2 Å². The van der Waals surface area contributed by atoms with Crippen molar-refractivity contribution in [2.45, 2.75) is 82.5 Å². The number of benzene rings is 1. The van der Waals surface area contributed by atoms with Crippen molar-refractivity contribution < 1.29 is 27.5 Å². The van der Waals surface area contributed by atoms with Gasteiger partial charge < -0.3 is 19.9 Å². The third-order valence-electron chi connectivity index (χ3n) is 8.84. The number of nitrogens with one attached hydrogen (secondary N) is 1. The molecular weight excluding hydrogens is 561 g/mol. The minimum Gasteiger partial charge on any atom is -0.444 e. The highest BCUT2D eigenvalue weighted by Gasteiger charge is 2.47. The molecule has 12 heteroatoms. The van der Waals surface area contributed by atoms with Crippen LogP contribution in [0.3, 0.4) is 0 Å². The highest BCUT2D eigenvalue weighted by atomic mass is 19.4. The summed E-state index contributed by atoms with van der Waals surface area (Å²) in [4.78, 5) is 33.0. The van der Waals surface area contributed by atoms with E-state index in [1.54, 1.807) is 9.58 Å². The smallest absolute Gasteiger partial charge is 0.410 e. The normalized spacial score (nSPS) is 21.2. The van der Waals surface area contributed by atoms with Gasteiger partial charge in [0, 0.05) is 31.5 Å². The zero-order chi connectivity index (χ0) is 31.0. The molecule has 0 spiro atoms. The number of alkyl halides is 3. The minimum atomic E-state index is -4.70. The SMILES string of the molecule is [C-]#[N+]c1ccc(NC(=O)C2(n3cc(C4CCN(CC5CCN(C(=O)OC(C)(C)C)C5)CC4)cn3)CCC2)cc1C(F)(F)F. The first-order valence-corrected chi connectivity index (χ1v) is 14.9. The molecule has 3 fully saturated rings. The van der Waals surface area contributed by atoms with Crippen LogP contribution in [-0.4, -0.2) is 69.9 Å². The number of carbonyl (C=O) groups excluding carboxylic acids is 2. The monoisotopic (exact) mass is 600 g/mol. The fourth-order valence-electron chi connectivity index (χ4n) is 6.33. The molecule has 5 rings (SSSR count). The number of rotatable bonds is 6. The number of aromatic nitrogens is 2. The molecule has 2 aliphatic heterocycles. The summed E-state index contributed by atoms with van der Waals surface area (Å²) in [5, 5.41) is 7.21. The molecule has 1 aromatic carbocycles. The molecule has 43 heavy (non-hydrogen) atoms. The van der Waals surface area contributed by atoms with Crippen molar-refractivity contribution in [3.63, 3.8) is 0 Å². The number of likely N-dealkylation sites (tertiary alicyclic amines) is 2. The standard InChI is InChI=1S/C31H39F3N6O3/c1-29(2,3)43-28(42)39-15-8-21(19-39)18-38-13-9-22(10-14-38)23-17-36-40(20-23)30(11-5-12-30)27(41)37-24-6-7-26(35-4)25(16-24)31(32,33)34/h6-7,16-17,20-22H,5,8-15,18-19H2,1-3H3,(H,37,41). The predicted molar refractivity (Wildman–Crippen MR) is 155 cm³/mol. The van der Waals surface area contributed by atoms with Crippen molar-refractivity contribution in [2.75, 3.05) is 38.0 Å². The second kappa shape index (κ2) is 11.8. The lowest BCUT2D eigenvalue weighted by Crippen LogP contribution is -2.51. The van der Waals surface area contributed by atoms with Gasteiger partial charge in [-0.15, -0.1) is 0 Å². The second-order valence-electron chi connectivity index (χ2n) is 13.1. The van der Waals surface area contributed by atoms with Crippen molar-refractivity contribution in [2.24, 2.45) is 5.92 Å². The molecule has 9 nitrogen and oxygen atoms in total. The van der Waals surface area contributed by atoms with Gasteiger partial charge in [-0.2, -0.15) is 18.3 Å². The summed E-state index contributed by atoms with van der Waals surface area (Å²) >= 11 is 0. The number of halogens is 3. The van der Waals surface area contributed by atoms with E-state index < -0.39 is 34.5 Å². The highest BCUT2D eigenvalue weighted by molar-refractivity contribution is 5.97. The summed E-state index contributed by atoms with van der Waals surface area (Å²) in [5.41, 5.74) is -1.94. The average Bonchev–Trinajstić information content (AvgIpc) is 3.58. The van der Waals surface area contributed by atoms with E-state index in [-0.39, 0.29) is 11.8 Å². The Labute approximate surface area is 250 Å². The molecule has 1 aromatic heterocycles. The van der Waals surface area contributed by atoms with Crippen LogP contribution >= 0.6 is 0 Å². The molecule has 3 aliphatic rings. The summed E-state index contributed by atoms with van der Waals surface area (Å²) in [5.74, 6) is 0.333. The predicted octanol–water partition coefficient (Wildman–Crippen LogP) is 6.41. The lowest BCUT2D eigenvalue weighted by Gasteiger charge is -2.40. The van der Waals surface area contributed by atoms with Gasteiger partial charge in [0.2, 0.25) is 0 Å². The van der Waals surface area contributed by atoms with Crippen molar-refractivity contribution in [3.05, 3.63) is 53.1 Å². The Bertz CT molecular complexity index is 1380. The molecule has 0 radical (unpaired) electrons. The Morgan fingerprint density at radius 3 is 2.47 bits per heavy atom. The molecule has 0 bridgehead atoms. The number of nitrogens with zero attached hydrogens (tertiary/aromatic N) is 5. The summed E-state index contributed by atoms with van der Waals surface area (Å²) in [6.07, 6.45) is 3.61. The van der Waals surface area contributed by atoms with E-state index in [4.69, 9.17) is 11.3 Å². The van der Waals surface area contributed by atoms with Crippen LogP contribution in [0.25, 0.3) is 4.85 Å². The Kier molecular flexibility index (Phi) is 8.49. The Morgan fingerprint density at radius 2 is 1.86 bits per heavy atom. The number of carbonyl (C=O) groups is 2. The van der Waals surface area contributed by atoms with Gasteiger partial charge in [-0.25, -0.2) is 9.64 Å². The zero-order valence-electron chi connectivity index (χ0n) is 24.9. The number of anilines is 1. The van der Waals surface area contributed by atoms with E-state index in [1.165, 1.54) is 6.07 Å². The molecule has 1 unspecified atom stereocenters. The maximum absolute atomic E-state index is 13.4. The maximum atomic E-state index is 13.4. The lowest BCUT2D eigenvalue weighted by atomic mass is 9.76. The van der Waals surface area contributed by atoms with E-state index in [1.807, 2.05) is 33.2 Å². The first kappa shape index (κ1) is 30.9. The van der Waals surface area contributed by atoms with Gasteiger partial charge >= 0.3 is 12.3 Å². The van der Waals surface area contributed by atoms with Gasteiger partial charge in [-0.05, 0) is 102 Å². The van der Waals surface area contributed by atoms with Crippen LogP contribution in [0.1, 0.15) is 76.3 Å². The summed E-state index contributed by atoms with van der Waals surface area (Å²) < 4.78 is 47.5. The second-order valence-corrected chi connectivity index (χ2v) is 13.1. The fourth-order valence-corrected chi connectivity index (χ4v) is 6.33. The Balaban J connectivity index is 1.16.